The Morgan fingerprint density at radius 2 is 2.16 bits per heavy atom. The highest BCUT2D eigenvalue weighted by atomic mass is 32.2. The zero-order valence-corrected chi connectivity index (χ0v) is 12.7. The van der Waals surface area contributed by atoms with Crippen LogP contribution in [0.2, 0.25) is 0 Å². The van der Waals surface area contributed by atoms with E-state index in [2.05, 4.69) is 10.2 Å². The molecule has 0 amide bonds. The minimum Gasteiger partial charge on any atom is -0.492 e. The molecular weight excluding hydrogens is 280 g/mol. The standard InChI is InChI=1S/C12H16N4OS2/c1-4-17-10-7-8(5-6-9(10)13)18-12-15-14-11(19-12)16(2)3/h5-7H,4,13H2,1-3H3. The van der Waals surface area contributed by atoms with Crippen molar-refractivity contribution in [3.8, 4) is 5.75 Å². The van der Waals surface area contributed by atoms with Crippen molar-refractivity contribution in [2.75, 3.05) is 31.3 Å². The molecule has 0 fully saturated rings. The summed E-state index contributed by atoms with van der Waals surface area (Å²) in [6, 6.07) is 5.74. The van der Waals surface area contributed by atoms with Crippen LogP contribution in [0, 0.1) is 0 Å². The van der Waals surface area contributed by atoms with Gasteiger partial charge in [-0.2, -0.15) is 0 Å². The van der Waals surface area contributed by atoms with E-state index in [-0.39, 0.29) is 0 Å². The Kier molecular flexibility index (Phi) is 4.49. The highest BCUT2D eigenvalue weighted by Gasteiger charge is 2.09. The molecule has 0 unspecified atom stereocenters. The molecule has 0 spiro atoms. The molecule has 0 aliphatic carbocycles. The fourth-order valence-electron chi connectivity index (χ4n) is 1.38. The third-order valence-corrected chi connectivity index (χ3v) is 4.40. The third-order valence-electron chi connectivity index (χ3n) is 2.27. The first-order valence-corrected chi connectivity index (χ1v) is 7.44. The molecular formula is C12H16N4OS2. The summed E-state index contributed by atoms with van der Waals surface area (Å²) in [6.07, 6.45) is 0. The summed E-state index contributed by atoms with van der Waals surface area (Å²) < 4.78 is 6.38. The number of anilines is 2. The van der Waals surface area contributed by atoms with E-state index >= 15 is 0 Å². The number of nitrogen functional groups attached to an aromatic ring is 1. The highest BCUT2D eigenvalue weighted by Crippen LogP contribution is 2.35. The van der Waals surface area contributed by atoms with Crippen LogP contribution in [0.3, 0.4) is 0 Å². The molecule has 7 heteroatoms. The van der Waals surface area contributed by atoms with Gasteiger partial charge in [0.2, 0.25) is 5.13 Å². The minimum atomic E-state index is 0.599. The second-order valence-electron chi connectivity index (χ2n) is 3.98. The number of nitrogens with zero attached hydrogens (tertiary/aromatic N) is 3. The maximum absolute atomic E-state index is 5.85. The molecule has 1 aromatic heterocycles. The van der Waals surface area contributed by atoms with E-state index in [9.17, 15) is 0 Å². The van der Waals surface area contributed by atoms with E-state index < -0.39 is 0 Å². The van der Waals surface area contributed by atoms with Gasteiger partial charge in [-0.25, -0.2) is 0 Å². The van der Waals surface area contributed by atoms with Crippen molar-refractivity contribution in [3.05, 3.63) is 18.2 Å². The molecule has 19 heavy (non-hydrogen) atoms. The number of aromatic nitrogens is 2. The zero-order valence-electron chi connectivity index (χ0n) is 11.1. The highest BCUT2D eigenvalue weighted by molar-refractivity contribution is 8.01. The molecule has 1 heterocycles. The van der Waals surface area contributed by atoms with E-state index in [0.29, 0.717) is 18.0 Å². The number of rotatable bonds is 5. The Morgan fingerprint density at radius 3 is 2.79 bits per heavy atom. The van der Waals surface area contributed by atoms with Crippen LogP contribution in [0.5, 0.6) is 5.75 Å². The van der Waals surface area contributed by atoms with Gasteiger partial charge in [0, 0.05) is 19.0 Å². The van der Waals surface area contributed by atoms with E-state index in [1.54, 1.807) is 23.1 Å². The van der Waals surface area contributed by atoms with Crippen LogP contribution in [-0.4, -0.2) is 30.9 Å². The summed E-state index contributed by atoms with van der Waals surface area (Å²) in [7, 11) is 3.90. The van der Waals surface area contributed by atoms with Crippen LogP contribution < -0.4 is 15.4 Å². The van der Waals surface area contributed by atoms with Crippen molar-refractivity contribution in [1.29, 1.82) is 0 Å². The van der Waals surface area contributed by atoms with Gasteiger partial charge >= 0.3 is 0 Å². The SMILES string of the molecule is CCOc1cc(Sc2nnc(N(C)C)s2)ccc1N. The van der Waals surface area contributed by atoms with Gasteiger partial charge in [-0.1, -0.05) is 23.1 Å². The molecule has 2 rings (SSSR count). The van der Waals surface area contributed by atoms with Crippen molar-refractivity contribution < 1.29 is 4.74 Å². The molecule has 0 saturated heterocycles. The molecule has 0 saturated carbocycles. The second kappa shape index (κ2) is 6.12. The average molecular weight is 296 g/mol. The van der Waals surface area contributed by atoms with Gasteiger partial charge in [0.1, 0.15) is 5.75 Å². The average Bonchev–Trinajstić information content (AvgIpc) is 2.82. The monoisotopic (exact) mass is 296 g/mol. The van der Waals surface area contributed by atoms with Crippen LogP contribution in [0.4, 0.5) is 10.8 Å². The number of benzene rings is 1. The molecule has 0 atom stereocenters. The molecule has 1 aromatic carbocycles. The third kappa shape index (κ3) is 3.51. The predicted octanol–water partition coefficient (Wildman–Crippen LogP) is 2.74. The van der Waals surface area contributed by atoms with Crippen molar-refractivity contribution in [1.82, 2.24) is 10.2 Å². The number of nitrogens with two attached hydrogens (primary N) is 1. The molecule has 0 radical (unpaired) electrons. The zero-order chi connectivity index (χ0) is 13.8. The Morgan fingerprint density at radius 1 is 1.37 bits per heavy atom. The summed E-state index contributed by atoms with van der Waals surface area (Å²) in [5, 5.41) is 9.15. The van der Waals surface area contributed by atoms with Crippen molar-refractivity contribution >= 4 is 33.9 Å². The maximum Gasteiger partial charge on any atom is 0.208 e. The Hall–Kier alpha value is -1.47. The summed E-state index contributed by atoms with van der Waals surface area (Å²) >= 11 is 3.11. The summed E-state index contributed by atoms with van der Waals surface area (Å²) in [5.41, 5.74) is 6.50. The topological polar surface area (TPSA) is 64.3 Å². The molecule has 5 nitrogen and oxygen atoms in total. The fraction of sp³-hybridized carbons (Fsp3) is 0.333. The Labute approximate surface area is 120 Å². The van der Waals surface area contributed by atoms with Gasteiger partial charge in [0.25, 0.3) is 0 Å². The van der Waals surface area contributed by atoms with Gasteiger partial charge in [-0.05, 0) is 25.1 Å². The van der Waals surface area contributed by atoms with Crippen LogP contribution in [-0.2, 0) is 0 Å². The normalized spacial score (nSPS) is 10.5. The molecule has 2 N–H and O–H groups in total. The van der Waals surface area contributed by atoms with Crippen molar-refractivity contribution in [3.63, 3.8) is 0 Å². The van der Waals surface area contributed by atoms with Crippen LogP contribution in [0.15, 0.2) is 27.4 Å². The fourth-order valence-corrected chi connectivity index (χ4v) is 3.15. The van der Waals surface area contributed by atoms with Crippen LogP contribution in [0.1, 0.15) is 6.92 Å². The molecule has 0 aliphatic heterocycles. The number of hydrogen-bond acceptors (Lipinski definition) is 7. The van der Waals surface area contributed by atoms with Gasteiger partial charge in [0.05, 0.1) is 12.3 Å². The largest absolute Gasteiger partial charge is 0.492 e. The maximum atomic E-state index is 5.85. The smallest absolute Gasteiger partial charge is 0.208 e. The van der Waals surface area contributed by atoms with Crippen LogP contribution in [0.25, 0.3) is 0 Å². The lowest BCUT2D eigenvalue weighted by Crippen LogP contribution is -2.07. The molecule has 0 bridgehead atoms. The first-order chi connectivity index (χ1) is 9.10. The van der Waals surface area contributed by atoms with Gasteiger partial charge in [-0.15, -0.1) is 10.2 Å². The number of ether oxygens (including phenoxy) is 1. The van der Waals surface area contributed by atoms with Gasteiger partial charge in [-0.3, -0.25) is 0 Å². The first-order valence-electron chi connectivity index (χ1n) is 5.81. The van der Waals surface area contributed by atoms with Gasteiger partial charge in [0.15, 0.2) is 4.34 Å². The first kappa shape index (κ1) is 14.0. The van der Waals surface area contributed by atoms with E-state index in [1.165, 1.54) is 0 Å². The minimum absolute atomic E-state index is 0.599. The molecule has 102 valence electrons. The van der Waals surface area contributed by atoms with Gasteiger partial charge < -0.3 is 15.4 Å². The van der Waals surface area contributed by atoms with Crippen molar-refractivity contribution in [2.24, 2.45) is 0 Å². The lowest BCUT2D eigenvalue weighted by Gasteiger charge is -2.08. The Balaban J connectivity index is 2.15. The number of hydrogen-bond donors (Lipinski definition) is 1. The lowest BCUT2D eigenvalue weighted by molar-refractivity contribution is 0.341. The quantitative estimate of drug-likeness (QED) is 0.856. The molecule has 0 aliphatic rings. The summed E-state index contributed by atoms with van der Waals surface area (Å²) in [5.74, 6) is 0.713. The summed E-state index contributed by atoms with van der Waals surface area (Å²) in [6.45, 7) is 2.54. The van der Waals surface area contributed by atoms with E-state index in [0.717, 1.165) is 14.4 Å². The molecule has 2 aromatic rings. The van der Waals surface area contributed by atoms with E-state index in [4.69, 9.17) is 10.5 Å². The van der Waals surface area contributed by atoms with E-state index in [1.807, 2.05) is 44.1 Å². The van der Waals surface area contributed by atoms with Crippen molar-refractivity contribution in [2.45, 2.75) is 16.2 Å². The second-order valence-corrected chi connectivity index (χ2v) is 6.26. The predicted molar refractivity (Wildman–Crippen MR) is 80.4 cm³/mol. The Bertz CT molecular complexity index is 556. The van der Waals surface area contributed by atoms with Crippen LogP contribution >= 0.6 is 23.1 Å². The summed E-state index contributed by atoms with van der Waals surface area (Å²) in [4.78, 5) is 2.98. The lowest BCUT2D eigenvalue weighted by atomic mass is 10.3.